The van der Waals surface area contributed by atoms with Crippen LogP contribution < -0.4 is 10.9 Å². The number of alkyl carbamates (subject to hydrolysis) is 1. The number of hydrogen-bond acceptors (Lipinski definition) is 7. The van der Waals surface area contributed by atoms with Crippen molar-refractivity contribution in [1.82, 2.24) is 19.9 Å². The maximum Gasteiger partial charge on any atom is 0.408 e. The molecule has 0 fully saturated rings. The molecule has 0 saturated heterocycles. The van der Waals surface area contributed by atoms with Crippen molar-refractivity contribution in [2.24, 2.45) is 0 Å². The molecule has 0 aliphatic heterocycles. The highest BCUT2D eigenvalue weighted by Gasteiger charge is 2.26. The molecule has 0 saturated carbocycles. The van der Waals surface area contributed by atoms with Crippen molar-refractivity contribution >= 4 is 44.5 Å². The molecule has 5 rings (SSSR count). The van der Waals surface area contributed by atoms with Crippen LogP contribution in [0.4, 0.5) is 4.79 Å². The lowest BCUT2D eigenvalue weighted by Gasteiger charge is -2.25. The van der Waals surface area contributed by atoms with Crippen LogP contribution in [0.25, 0.3) is 37.4 Å². The lowest BCUT2D eigenvalue weighted by Crippen LogP contribution is -2.37. The number of thiazole rings is 1. The smallest absolute Gasteiger partial charge is 0.408 e. The summed E-state index contributed by atoms with van der Waals surface area (Å²) >= 11 is 1.31. The summed E-state index contributed by atoms with van der Waals surface area (Å²) in [5, 5.41) is 13.2. The molecule has 3 aromatic carbocycles. The topological polar surface area (TPSA) is 123 Å². The maximum atomic E-state index is 14.3. The van der Waals surface area contributed by atoms with Crippen molar-refractivity contribution in [3.63, 3.8) is 0 Å². The quantitative estimate of drug-likeness (QED) is 0.250. The highest BCUT2D eigenvalue weighted by atomic mass is 32.1. The SMILES string of the molecule is CC[C@H](NC(=O)OC(C)(C)C)c1nc2cccc(-c3nc4ccc(C(=O)O)cc4s3)c2c(=O)n1-c1ccccc1. The summed E-state index contributed by atoms with van der Waals surface area (Å²) in [6, 6.07) is 18.7. The molecule has 10 heteroatoms. The van der Waals surface area contributed by atoms with Crippen molar-refractivity contribution in [2.45, 2.75) is 45.8 Å². The molecule has 0 spiro atoms. The van der Waals surface area contributed by atoms with Gasteiger partial charge in [-0.05, 0) is 63.6 Å². The molecular formula is C30H28N4O5S. The Morgan fingerprint density at radius 1 is 1.02 bits per heavy atom. The first-order valence-electron chi connectivity index (χ1n) is 12.8. The molecule has 2 heterocycles. The number of para-hydroxylation sites is 1. The van der Waals surface area contributed by atoms with Gasteiger partial charge in [-0.3, -0.25) is 9.36 Å². The van der Waals surface area contributed by atoms with Crippen LogP contribution in [0.2, 0.25) is 0 Å². The Kier molecular flexibility index (Phi) is 7.12. The van der Waals surface area contributed by atoms with Gasteiger partial charge in [0.25, 0.3) is 5.56 Å². The first-order valence-corrected chi connectivity index (χ1v) is 13.6. The molecule has 40 heavy (non-hydrogen) atoms. The van der Waals surface area contributed by atoms with Crippen LogP contribution in [0.15, 0.2) is 71.5 Å². The number of amides is 1. The predicted molar refractivity (Wildman–Crippen MR) is 155 cm³/mol. The summed E-state index contributed by atoms with van der Waals surface area (Å²) in [6.45, 7) is 7.26. The fraction of sp³-hybridized carbons (Fsp3) is 0.233. The number of ether oxygens (including phenoxy) is 1. The molecule has 0 unspecified atom stereocenters. The molecular weight excluding hydrogens is 528 g/mol. The zero-order chi connectivity index (χ0) is 28.6. The summed E-state index contributed by atoms with van der Waals surface area (Å²) < 4.78 is 7.70. The third-order valence-corrected chi connectivity index (χ3v) is 7.27. The zero-order valence-electron chi connectivity index (χ0n) is 22.5. The number of aromatic nitrogens is 3. The molecule has 204 valence electrons. The molecule has 5 aromatic rings. The van der Waals surface area contributed by atoms with E-state index in [1.807, 2.05) is 43.3 Å². The third kappa shape index (κ3) is 5.30. The van der Waals surface area contributed by atoms with E-state index in [0.29, 0.717) is 49.6 Å². The van der Waals surface area contributed by atoms with Crippen LogP contribution >= 0.6 is 11.3 Å². The molecule has 0 aliphatic rings. The van der Waals surface area contributed by atoms with Gasteiger partial charge in [0.15, 0.2) is 0 Å². The Labute approximate surface area is 234 Å². The van der Waals surface area contributed by atoms with Crippen LogP contribution in [-0.4, -0.2) is 37.3 Å². The molecule has 2 aromatic heterocycles. The minimum atomic E-state index is -1.02. The van der Waals surface area contributed by atoms with Crippen LogP contribution in [0.5, 0.6) is 0 Å². The fourth-order valence-electron chi connectivity index (χ4n) is 4.46. The van der Waals surface area contributed by atoms with E-state index in [0.717, 1.165) is 0 Å². The number of carbonyl (C=O) groups excluding carboxylic acids is 1. The number of nitrogens with one attached hydrogen (secondary N) is 1. The van der Waals surface area contributed by atoms with E-state index < -0.39 is 23.7 Å². The number of fused-ring (bicyclic) bond motifs is 2. The number of carboxylic acid groups (broad SMARTS) is 1. The second-order valence-corrected chi connectivity index (χ2v) is 11.3. The van der Waals surface area contributed by atoms with Gasteiger partial charge in [0.05, 0.1) is 38.4 Å². The molecule has 2 N–H and O–H groups in total. The van der Waals surface area contributed by atoms with Crippen molar-refractivity contribution in [2.75, 3.05) is 0 Å². The van der Waals surface area contributed by atoms with Crippen LogP contribution in [0, 0.1) is 0 Å². The van der Waals surface area contributed by atoms with Crippen LogP contribution in [-0.2, 0) is 4.74 Å². The molecule has 1 amide bonds. The van der Waals surface area contributed by atoms with E-state index in [1.165, 1.54) is 22.0 Å². The number of nitrogens with zero attached hydrogens (tertiary/aromatic N) is 3. The summed E-state index contributed by atoms with van der Waals surface area (Å²) in [5.41, 5.74) is 1.47. The average molecular weight is 557 g/mol. The van der Waals surface area contributed by atoms with Crippen LogP contribution in [0.3, 0.4) is 0 Å². The maximum absolute atomic E-state index is 14.3. The third-order valence-electron chi connectivity index (χ3n) is 6.21. The van der Waals surface area contributed by atoms with E-state index >= 15 is 0 Å². The highest BCUT2D eigenvalue weighted by molar-refractivity contribution is 7.21. The Morgan fingerprint density at radius 2 is 1.77 bits per heavy atom. The van der Waals surface area contributed by atoms with E-state index in [1.54, 1.807) is 45.0 Å². The van der Waals surface area contributed by atoms with Gasteiger partial charge in [-0.1, -0.05) is 37.3 Å². The number of carboxylic acids is 1. The molecule has 1 atom stereocenters. The summed E-state index contributed by atoms with van der Waals surface area (Å²) in [6.07, 6.45) is -0.134. The van der Waals surface area contributed by atoms with Gasteiger partial charge in [-0.2, -0.15) is 0 Å². The van der Waals surface area contributed by atoms with E-state index in [9.17, 15) is 19.5 Å². The second-order valence-electron chi connectivity index (χ2n) is 10.3. The molecule has 0 aliphatic carbocycles. The predicted octanol–water partition coefficient (Wildman–Crippen LogP) is 6.34. The minimum absolute atomic E-state index is 0.168. The van der Waals surface area contributed by atoms with E-state index in [-0.39, 0.29) is 11.1 Å². The van der Waals surface area contributed by atoms with Gasteiger partial charge in [-0.25, -0.2) is 19.6 Å². The molecule has 9 nitrogen and oxygen atoms in total. The molecule has 0 bridgehead atoms. The summed E-state index contributed by atoms with van der Waals surface area (Å²) in [5.74, 6) is -0.639. The van der Waals surface area contributed by atoms with Gasteiger partial charge in [0.2, 0.25) is 0 Å². The Morgan fingerprint density at radius 3 is 2.45 bits per heavy atom. The number of hydrogen-bond donors (Lipinski definition) is 2. The van der Waals surface area contributed by atoms with Gasteiger partial charge in [-0.15, -0.1) is 11.3 Å². The van der Waals surface area contributed by atoms with Crippen molar-refractivity contribution in [1.29, 1.82) is 0 Å². The molecule has 0 radical (unpaired) electrons. The van der Waals surface area contributed by atoms with Gasteiger partial charge < -0.3 is 15.2 Å². The van der Waals surface area contributed by atoms with E-state index in [4.69, 9.17) is 14.7 Å². The van der Waals surface area contributed by atoms with Crippen LogP contribution in [0.1, 0.15) is 56.3 Å². The Bertz CT molecular complexity index is 1800. The fourth-order valence-corrected chi connectivity index (χ4v) is 5.49. The van der Waals surface area contributed by atoms with Crippen molar-refractivity contribution in [3.8, 4) is 16.3 Å². The average Bonchev–Trinajstić information content (AvgIpc) is 3.34. The number of rotatable bonds is 6. The minimum Gasteiger partial charge on any atom is -0.478 e. The highest BCUT2D eigenvalue weighted by Crippen LogP contribution is 2.34. The summed E-state index contributed by atoms with van der Waals surface area (Å²) in [4.78, 5) is 48.1. The second kappa shape index (κ2) is 10.5. The lowest BCUT2D eigenvalue weighted by molar-refractivity contribution is 0.0498. The monoisotopic (exact) mass is 556 g/mol. The lowest BCUT2D eigenvalue weighted by atomic mass is 10.1. The normalized spacial score (nSPS) is 12.4. The Balaban J connectivity index is 1.72. The first kappa shape index (κ1) is 27.0. The summed E-state index contributed by atoms with van der Waals surface area (Å²) in [7, 11) is 0. The number of benzene rings is 3. The van der Waals surface area contributed by atoms with Crippen molar-refractivity contribution in [3.05, 3.63) is 88.5 Å². The Hall–Kier alpha value is -4.57. The van der Waals surface area contributed by atoms with Gasteiger partial charge >= 0.3 is 12.1 Å². The number of carbonyl (C=O) groups is 2. The van der Waals surface area contributed by atoms with Crippen molar-refractivity contribution < 1.29 is 19.4 Å². The first-order chi connectivity index (χ1) is 19.1. The largest absolute Gasteiger partial charge is 0.478 e. The van der Waals surface area contributed by atoms with Gasteiger partial charge in [0.1, 0.15) is 16.4 Å². The standard InChI is InChI=1S/C30H28N4O5S/c1-5-20(33-29(38)39-30(2,3)4)25-31-22-13-9-12-19(24(22)27(35)34(25)18-10-7-6-8-11-18)26-32-21-15-14-17(28(36)37)16-23(21)40-26/h6-16,20H,5H2,1-4H3,(H,33,38)(H,36,37)/t20-/m0/s1. The van der Waals surface area contributed by atoms with E-state index in [2.05, 4.69) is 5.32 Å². The number of aromatic carboxylic acids is 1. The zero-order valence-corrected chi connectivity index (χ0v) is 23.3. The van der Waals surface area contributed by atoms with Gasteiger partial charge in [0, 0.05) is 5.56 Å².